The number of hydrogen-bond donors (Lipinski definition) is 0. The van der Waals surface area contributed by atoms with Crippen molar-refractivity contribution in [1.29, 1.82) is 0 Å². The van der Waals surface area contributed by atoms with Gasteiger partial charge in [-0.2, -0.15) is 13.2 Å². The van der Waals surface area contributed by atoms with Gasteiger partial charge in [-0.05, 0) is 25.0 Å². The van der Waals surface area contributed by atoms with E-state index in [1.807, 2.05) is 0 Å². The van der Waals surface area contributed by atoms with Crippen LogP contribution in [0.1, 0.15) is 39.1 Å². The van der Waals surface area contributed by atoms with Crippen LogP contribution < -0.4 is 4.74 Å². The first-order valence-electron chi connectivity index (χ1n) is 6.42. The van der Waals surface area contributed by atoms with Crippen molar-refractivity contribution in [3.8, 4) is 5.75 Å². The van der Waals surface area contributed by atoms with E-state index in [0.29, 0.717) is 19.2 Å². The van der Waals surface area contributed by atoms with Gasteiger partial charge < -0.3 is 9.64 Å². The third-order valence-corrected chi connectivity index (χ3v) is 3.38. The quantitative estimate of drug-likeness (QED) is 0.807. The Labute approximate surface area is 119 Å². The van der Waals surface area contributed by atoms with Crippen molar-refractivity contribution in [2.45, 2.75) is 19.0 Å². The van der Waals surface area contributed by atoms with Crippen molar-refractivity contribution < 1.29 is 27.5 Å². The number of benzene rings is 1. The van der Waals surface area contributed by atoms with Gasteiger partial charge in [-0.1, -0.05) is 0 Å². The summed E-state index contributed by atoms with van der Waals surface area (Å²) in [5.74, 6) is -1.08. The second-order valence-corrected chi connectivity index (χ2v) is 4.76. The molecule has 1 aliphatic rings. The fraction of sp³-hybridized carbons (Fsp3) is 0.429. The van der Waals surface area contributed by atoms with Crippen molar-refractivity contribution >= 4 is 12.2 Å². The molecule has 0 atom stereocenters. The lowest BCUT2D eigenvalue weighted by atomic mass is 10.0. The fourth-order valence-electron chi connectivity index (χ4n) is 2.40. The molecule has 1 aliphatic heterocycles. The van der Waals surface area contributed by atoms with E-state index in [1.54, 1.807) is 0 Å². The monoisotopic (exact) mass is 301 g/mol. The van der Waals surface area contributed by atoms with Crippen LogP contribution in [0.25, 0.3) is 0 Å². The minimum atomic E-state index is -4.70. The Morgan fingerprint density at radius 1 is 1.29 bits per heavy atom. The topological polar surface area (TPSA) is 46.6 Å². The third-order valence-electron chi connectivity index (χ3n) is 3.38. The normalized spacial score (nSPS) is 15.1. The van der Waals surface area contributed by atoms with Crippen LogP contribution in [0.2, 0.25) is 0 Å². The number of ether oxygens (including phenoxy) is 1. The van der Waals surface area contributed by atoms with Crippen LogP contribution in [-0.4, -0.2) is 37.3 Å². The summed E-state index contributed by atoms with van der Waals surface area (Å²) in [5, 5.41) is 0. The number of carbonyl (C=O) groups is 2. The van der Waals surface area contributed by atoms with Gasteiger partial charge in [0, 0.05) is 18.7 Å². The van der Waals surface area contributed by atoms with Gasteiger partial charge in [0.25, 0.3) is 5.91 Å². The van der Waals surface area contributed by atoms with Crippen molar-refractivity contribution in [3.05, 3.63) is 28.8 Å². The minimum absolute atomic E-state index is 0.203. The van der Waals surface area contributed by atoms with Crippen LogP contribution in [-0.2, 0) is 6.18 Å². The number of carbonyl (C=O) groups excluding carboxylic acids is 2. The van der Waals surface area contributed by atoms with Crippen molar-refractivity contribution in [1.82, 2.24) is 4.90 Å². The molecule has 0 aromatic heterocycles. The van der Waals surface area contributed by atoms with E-state index in [-0.39, 0.29) is 17.4 Å². The van der Waals surface area contributed by atoms with Crippen LogP contribution >= 0.6 is 0 Å². The zero-order valence-electron chi connectivity index (χ0n) is 11.4. The van der Waals surface area contributed by atoms with E-state index in [4.69, 9.17) is 4.74 Å². The van der Waals surface area contributed by atoms with E-state index >= 15 is 0 Å². The van der Waals surface area contributed by atoms with Gasteiger partial charge in [0.15, 0.2) is 0 Å². The molecule has 1 aromatic carbocycles. The van der Waals surface area contributed by atoms with Gasteiger partial charge in [0.05, 0.1) is 18.2 Å². The maximum absolute atomic E-state index is 13.1. The van der Waals surface area contributed by atoms with Gasteiger partial charge in [-0.25, -0.2) is 0 Å². The van der Waals surface area contributed by atoms with E-state index in [2.05, 4.69) is 0 Å². The molecule has 1 fully saturated rings. The summed E-state index contributed by atoms with van der Waals surface area (Å²) in [6.07, 6.45) is -2.79. The molecular formula is C14H14F3NO3. The Kier molecular flexibility index (Phi) is 4.20. The SMILES string of the molecule is COc1c(C(=O)N2CCCC2)cc(C=O)cc1C(F)(F)F. The summed E-state index contributed by atoms with van der Waals surface area (Å²) in [7, 11) is 1.08. The number of likely N-dealkylation sites (tertiary alicyclic amines) is 1. The van der Waals surface area contributed by atoms with Crippen LogP contribution in [0.5, 0.6) is 5.75 Å². The van der Waals surface area contributed by atoms with Crippen molar-refractivity contribution in [2.24, 2.45) is 0 Å². The number of rotatable bonds is 3. The summed E-state index contributed by atoms with van der Waals surface area (Å²) in [4.78, 5) is 24.6. The molecule has 114 valence electrons. The molecule has 1 saturated heterocycles. The standard InChI is InChI=1S/C14H14F3NO3/c1-21-12-10(13(20)18-4-2-3-5-18)6-9(8-19)7-11(12)14(15,16)17/h6-8H,2-5H2,1H3. The van der Waals surface area contributed by atoms with Crippen LogP contribution in [0, 0.1) is 0 Å². The van der Waals surface area contributed by atoms with Gasteiger partial charge in [0.2, 0.25) is 0 Å². The maximum atomic E-state index is 13.1. The van der Waals surface area contributed by atoms with Gasteiger partial charge in [0.1, 0.15) is 12.0 Å². The highest BCUT2D eigenvalue weighted by molar-refractivity contribution is 5.99. The highest BCUT2D eigenvalue weighted by Gasteiger charge is 2.37. The second kappa shape index (κ2) is 5.75. The van der Waals surface area contributed by atoms with E-state index in [1.165, 1.54) is 4.90 Å². The van der Waals surface area contributed by atoms with Crippen LogP contribution in [0.3, 0.4) is 0 Å². The number of nitrogens with zero attached hydrogens (tertiary/aromatic N) is 1. The first-order chi connectivity index (χ1) is 9.88. The zero-order chi connectivity index (χ0) is 15.6. The number of alkyl halides is 3. The van der Waals surface area contributed by atoms with Crippen LogP contribution in [0.4, 0.5) is 13.2 Å². The van der Waals surface area contributed by atoms with E-state index in [0.717, 1.165) is 26.0 Å². The number of halogens is 3. The number of methoxy groups -OCH3 is 1. The van der Waals surface area contributed by atoms with Gasteiger partial charge in [-0.15, -0.1) is 0 Å². The molecule has 1 aromatic rings. The Balaban J connectivity index is 2.57. The lowest BCUT2D eigenvalue weighted by Crippen LogP contribution is -2.28. The third kappa shape index (κ3) is 3.01. The zero-order valence-corrected chi connectivity index (χ0v) is 11.4. The largest absolute Gasteiger partial charge is 0.495 e. The summed E-state index contributed by atoms with van der Waals surface area (Å²) in [6.45, 7) is 0.989. The molecule has 21 heavy (non-hydrogen) atoms. The molecule has 2 rings (SSSR count). The number of aldehydes is 1. The first kappa shape index (κ1) is 15.3. The lowest BCUT2D eigenvalue weighted by molar-refractivity contribution is -0.138. The molecule has 1 amide bonds. The second-order valence-electron chi connectivity index (χ2n) is 4.76. The molecule has 0 radical (unpaired) electrons. The van der Waals surface area contributed by atoms with Crippen LogP contribution in [0.15, 0.2) is 12.1 Å². The predicted octanol–water partition coefficient (Wildman–Crippen LogP) is 2.76. The highest BCUT2D eigenvalue weighted by atomic mass is 19.4. The summed E-state index contributed by atoms with van der Waals surface area (Å²) < 4.78 is 44.0. The Hall–Kier alpha value is -2.05. The molecule has 0 aliphatic carbocycles. The molecule has 7 heteroatoms. The Morgan fingerprint density at radius 2 is 1.90 bits per heavy atom. The smallest absolute Gasteiger partial charge is 0.420 e. The summed E-state index contributed by atoms with van der Waals surface area (Å²) in [5.41, 5.74) is -1.54. The average molecular weight is 301 g/mol. The highest BCUT2D eigenvalue weighted by Crippen LogP contribution is 2.39. The molecule has 0 saturated carbocycles. The number of hydrogen-bond acceptors (Lipinski definition) is 3. The fourth-order valence-corrected chi connectivity index (χ4v) is 2.40. The van der Waals surface area contributed by atoms with Gasteiger partial charge in [-0.3, -0.25) is 9.59 Å². The van der Waals surface area contributed by atoms with Crippen molar-refractivity contribution in [2.75, 3.05) is 20.2 Å². The van der Waals surface area contributed by atoms with E-state index < -0.39 is 23.4 Å². The summed E-state index contributed by atoms with van der Waals surface area (Å²) in [6, 6.07) is 1.83. The minimum Gasteiger partial charge on any atom is -0.495 e. The van der Waals surface area contributed by atoms with Gasteiger partial charge >= 0.3 is 6.18 Å². The molecule has 0 bridgehead atoms. The molecule has 0 unspecified atom stereocenters. The predicted molar refractivity (Wildman–Crippen MR) is 68.5 cm³/mol. The van der Waals surface area contributed by atoms with Crippen molar-refractivity contribution in [3.63, 3.8) is 0 Å². The Bertz CT molecular complexity index is 563. The molecule has 1 heterocycles. The summed E-state index contributed by atoms with van der Waals surface area (Å²) >= 11 is 0. The average Bonchev–Trinajstić information content (AvgIpc) is 2.98. The number of amides is 1. The molecule has 4 nitrogen and oxygen atoms in total. The van der Waals surface area contributed by atoms with E-state index in [9.17, 15) is 22.8 Å². The molecular weight excluding hydrogens is 287 g/mol. The molecule has 0 N–H and O–H groups in total. The molecule has 0 spiro atoms. The lowest BCUT2D eigenvalue weighted by Gasteiger charge is -2.20. The Morgan fingerprint density at radius 3 is 2.38 bits per heavy atom. The maximum Gasteiger partial charge on any atom is 0.420 e. The first-order valence-corrected chi connectivity index (χ1v) is 6.42.